The normalized spacial score (nSPS) is 10.1. The van der Waals surface area contributed by atoms with Gasteiger partial charge in [0.2, 0.25) is 0 Å². The van der Waals surface area contributed by atoms with Crippen LogP contribution in [0.5, 0.6) is 11.5 Å². The van der Waals surface area contributed by atoms with Gasteiger partial charge in [-0.1, -0.05) is 0 Å². The first kappa shape index (κ1) is 18.9. The number of carbonyl (C=O) groups is 1. The van der Waals surface area contributed by atoms with Crippen LogP contribution in [0.3, 0.4) is 0 Å². The average molecular weight is 425 g/mol. The van der Waals surface area contributed by atoms with E-state index in [1.54, 1.807) is 26.4 Å². The number of ether oxygens (including phenoxy) is 2. The fourth-order valence-corrected chi connectivity index (χ4v) is 4.99. The number of carboxylic acid groups (broad SMARTS) is 1. The van der Waals surface area contributed by atoms with Crippen LogP contribution in [0, 0.1) is 0 Å². The van der Waals surface area contributed by atoms with E-state index in [1.165, 1.54) is 0 Å². The molecule has 0 bridgehead atoms. The van der Waals surface area contributed by atoms with Gasteiger partial charge in [-0.3, -0.25) is 0 Å². The second kappa shape index (κ2) is 8.67. The number of aromatic carboxylic acids is 1. The summed E-state index contributed by atoms with van der Waals surface area (Å²) in [5.41, 5.74) is 2.28. The van der Waals surface area contributed by atoms with Crippen LogP contribution in [0.15, 0.2) is 72.8 Å². The van der Waals surface area contributed by atoms with Crippen molar-refractivity contribution < 1.29 is 19.4 Å². The van der Waals surface area contributed by atoms with Crippen LogP contribution in [0.2, 0.25) is 0 Å². The molecule has 0 saturated heterocycles. The SMILES string of the molecule is COc1ccc(C(=[Se+]c2ccccc2C(=O)[O-])c2ccc(OC)cc2)cc1. The third-order valence-corrected chi connectivity index (χ3v) is 6.65. The Bertz CT molecular complexity index is 911. The molecule has 0 N–H and O–H groups in total. The minimum absolute atomic E-state index is 0.233. The number of hydrogen-bond acceptors (Lipinski definition) is 4. The minimum atomic E-state index is -1.16. The molecule has 0 fully saturated rings. The first-order valence-electron chi connectivity index (χ1n) is 8.26. The first-order valence-corrected chi connectivity index (χ1v) is 9.97. The molecular weight excluding hydrogens is 407 g/mol. The van der Waals surface area contributed by atoms with Crippen LogP contribution in [0.25, 0.3) is 0 Å². The Hall–Kier alpha value is -2.88. The summed E-state index contributed by atoms with van der Waals surface area (Å²) in [6, 6.07) is 22.6. The summed E-state index contributed by atoms with van der Waals surface area (Å²) in [7, 11) is 3.26. The van der Waals surface area contributed by atoms with Crippen molar-refractivity contribution in [2.75, 3.05) is 14.2 Å². The Kier molecular flexibility index (Phi) is 6.07. The first-order chi connectivity index (χ1) is 13.1. The van der Waals surface area contributed by atoms with E-state index in [0.717, 1.165) is 31.5 Å². The molecular formula is C22H18O4Se. The summed E-state index contributed by atoms with van der Waals surface area (Å²) in [5, 5.41) is 11.5. The van der Waals surface area contributed by atoms with Crippen molar-refractivity contribution >= 4 is 29.4 Å². The van der Waals surface area contributed by atoms with Crippen molar-refractivity contribution in [2.24, 2.45) is 0 Å². The Morgan fingerprint density at radius 2 is 1.26 bits per heavy atom. The second-order valence-electron chi connectivity index (χ2n) is 5.67. The van der Waals surface area contributed by atoms with E-state index < -0.39 is 5.97 Å². The average Bonchev–Trinajstić information content (AvgIpc) is 2.72. The summed E-state index contributed by atoms with van der Waals surface area (Å²) in [4.78, 5) is 11.5. The summed E-state index contributed by atoms with van der Waals surface area (Å²) in [6.07, 6.45) is 0. The molecule has 0 saturated carbocycles. The number of hydrogen-bond donors (Lipinski definition) is 0. The molecule has 5 heteroatoms. The van der Waals surface area contributed by atoms with Crippen molar-refractivity contribution in [3.8, 4) is 11.5 Å². The molecule has 0 atom stereocenters. The van der Waals surface area contributed by atoms with Gasteiger partial charge in [0.05, 0.1) is 0 Å². The number of carbonyl (C=O) groups excluding carboxylic acids is 1. The van der Waals surface area contributed by atoms with Gasteiger partial charge in [0.25, 0.3) is 0 Å². The Labute approximate surface area is 164 Å². The standard InChI is InChI=1S/C22H18O4Se/c1-25-17-11-7-15(8-12-17)21(16-9-13-18(26-2)14-10-16)27-20-6-4-3-5-19(20)22(23)24/h3-14H,1-2H3. The fraction of sp³-hybridized carbons (Fsp3) is 0.0909. The van der Waals surface area contributed by atoms with E-state index in [9.17, 15) is 9.90 Å². The van der Waals surface area contributed by atoms with Crippen molar-refractivity contribution in [3.05, 3.63) is 89.5 Å². The predicted molar refractivity (Wildman–Crippen MR) is 105 cm³/mol. The van der Waals surface area contributed by atoms with E-state index in [2.05, 4.69) is 0 Å². The van der Waals surface area contributed by atoms with Gasteiger partial charge < -0.3 is 0 Å². The quantitative estimate of drug-likeness (QED) is 0.564. The zero-order chi connectivity index (χ0) is 19.2. The predicted octanol–water partition coefficient (Wildman–Crippen LogP) is 1.67. The van der Waals surface area contributed by atoms with Crippen LogP contribution in [-0.4, -0.2) is 39.1 Å². The molecule has 27 heavy (non-hydrogen) atoms. The van der Waals surface area contributed by atoms with Crippen molar-refractivity contribution in [1.29, 1.82) is 0 Å². The van der Waals surface area contributed by atoms with E-state index >= 15 is 0 Å². The number of carboxylic acids is 1. The van der Waals surface area contributed by atoms with Gasteiger partial charge in [-0.25, -0.2) is 0 Å². The molecule has 136 valence electrons. The molecule has 0 spiro atoms. The third-order valence-electron chi connectivity index (χ3n) is 4.02. The molecule has 3 aromatic carbocycles. The molecule has 0 amide bonds. The topological polar surface area (TPSA) is 58.6 Å². The van der Waals surface area contributed by atoms with E-state index in [-0.39, 0.29) is 20.1 Å². The van der Waals surface area contributed by atoms with E-state index in [4.69, 9.17) is 9.47 Å². The molecule has 0 aliphatic heterocycles. The van der Waals surface area contributed by atoms with E-state index in [0.29, 0.717) is 0 Å². The number of rotatable bonds is 6. The Morgan fingerprint density at radius 3 is 1.70 bits per heavy atom. The maximum atomic E-state index is 11.5. The molecule has 0 unspecified atom stereocenters. The van der Waals surface area contributed by atoms with Crippen LogP contribution in [0.4, 0.5) is 0 Å². The molecule has 3 aromatic rings. The molecule has 4 nitrogen and oxygen atoms in total. The van der Waals surface area contributed by atoms with Crippen molar-refractivity contribution in [3.63, 3.8) is 0 Å². The van der Waals surface area contributed by atoms with E-state index in [1.807, 2.05) is 60.7 Å². The summed E-state index contributed by atoms with van der Waals surface area (Å²) in [5.74, 6) is 0.391. The molecule has 0 heterocycles. The molecule has 0 aliphatic carbocycles. The Morgan fingerprint density at radius 1 is 0.778 bits per heavy atom. The van der Waals surface area contributed by atoms with Gasteiger partial charge in [-0.15, -0.1) is 0 Å². The summed E-state index contributed by atoms with van der Waals surface area (Å²) < 4.78 is 12.3. The molecule has 3 rings (SSSR count). The van der Waals surface area contributed by atoms with Gasteiger partial charge in [0.1, 0.15) is 0 Å². The molecule has 0 radical (unpaired) electrons. The Balaban J connectivity index is 2.15. The van der Waals surface area contributed by atoms with Crippen LogP contribution in [0.1, 0.15) is 21.5 Å². The third kappa shape index (κ3) is 4.45. The summed E-state index contributed by atoms with van der Waals surface area (Å²) in [6.45, 7) is 0. The maximum absolute atomic E-state index is 11.5. The van der Waals surface area contributed by atoms with Gasteiger partial charge in [-0.2, -0.15) is 0 Å². The summed E-state index contributed by atoms with van der Waals surface area (Å²) >= 11 is -0.236. The zero-order valence-corrected chi connectivity index (χ0v) is 16.7. The number of benzene rings is 3. The number of methoxy groups -OCH3 is 2. The van der Waals surface area contributed by atoms with Crippen LogP contribution < -0.4 is 19.0 Å². The van der Waals surface area contributed by atoms with Crippen molar-refractivity contribution in [1.82, 2.24) is 0 Å². The molecule has 0 aliphatic rings. The monoisotopic (exact) mass is 426 g/mol. The van der Waals surface area contributed by atoms with Gasteiger partial charge in [0.15, 0.2) is 0 Å². The van der Waals surface area contributed by atoms with Gasteiger partial charge in [-0.05, 0) is 0 Å². The fourth-order valence-electron chi connectivity index (χ4n) is 2.60. The van der Waals surface area contributed by atoms with Gasteiger partial charge >= 0.3 is 164 Å². The van der Waals surface area contributed by atoms with Gasteiger partial charge in [0, 0.05) is 0 Å². The van der Waals surface area contributed by atoms with Crippen LogP contribution in [-0.2, 0) is 0 Å². The van der Waals surface area contributed by atoms with Crippen molar-refractivity contribution in [2.45, 2.75) is 0 Å². The van der Waals surface area contributed by atoms with Crippen LogP contribution >= 0.6 is 0 Å². The second-order valence-corrected chi connectivity index (χ2v) is 7.88. The molecule has 0 aromatic heterocycles. The zero-order valence-electron chi connectivity index (χ0n) is 15.0.